The van der Waals surface area contributed by atoms with Crippen LogP contribution in [0.4, 0.5) is 0 Å². The fourth-order valence-electron chi connectivity index (χ4n) is 1.52. The lowest BCUT2D eigenvalue weighted by molar-refractivity contribution is -0.128. The Hall–Kier alpha value is -2.57. The topological polar surface area (TPSA) is 50.1 Å². The summed E-state index contributed by atoms with van der Waals surface area (Å²) < 4.78 is 5.10. The molecule has 0 spiro atoms. The number of hydrogen-bond donors (Lipinski definition) is 0. The maximum atomic E-state index is 11.6. The molecule has 2 rings (SSSR count). The lowest BCUT2D eigenvalue weighted by Crippen LogP contribution is -2.03. The van der Waals surface area contributed by atoms with E-state index in [4.69, 9.17) is 21.6 Å². The Labute approximate surface area is 121 Å². The van der Waals surface area contributed by atoms with Gasteiger partial charge in [-0.1, -0.05) is 29.8 Å². The second-order valence-corrected chi connectivity index (χ2v) is 4.32. The molecular formula is C16H10ClNO2. The molecule has 20 heavy (non-hydrogen) atoms. The molecule has 0 aliphatic rings. The number of halogens is 1. The average Bonchev–Trinajstić information content (AvgIpc) is 2.47. The van der Waals surface area contributed by atoms with Crippen molar-refractivity contribution in [3.05, 3.63) is 70.8 Å². The van der Waals surface area contributed by atoms with Crippen LogP contribution in [0.15, 0.2) is 54.6 Å². The highest BCUT2D eigenvalue weighted by Crippen LogP contribution is 2.17. The minimum Gasteiger partial charge on any atom is -0.423 e. The van der Waals surface area contributed by atoms with Crippen LogP contribution < -0.4 is 4.74 Å². The standard InChI is InChI=1S/C16H10ClNO2/c17-15-4-2-1-3-13(15)7-10-16(19)20-14-8-5-12(11-18)6-9-14/h1-10H. The maximum absolute atomic E-state index is 11.6. The van der Waals surface area contributed by atoms with Crippen LogP contribution in [0.3, 0.4) is 0 Å². The minimum atomic E-state index is -0.505. The van der Waals surface area contributed by atoms with Gasteiger partial charge in [0.05, 0.1) is 11.6 Å². The second kappa shape index (κ2) is 6.55. The van der Waals surface area contributed by atoms with E-state index in [1.54, 1.807) is 42.5 Å². The summed E-state index contributed by atoms with van der Waals surface area (Å²) >= 11 is 5.97. The van der Waals surface area contributed by atoms with E-state index in [1.807, 2.05) is 18.2 Å². The van der Waals surface area contributed by atoms with E-state index in [9.17, 15) is 4.79 Å². The monoisotopic (exact) mass is 283 g/mol. The molecule has 2 aromatic carbocycles. The Morgan fingerprint density at radius 2 is 1.85 bits per heavy atom. The molecule has 0 saturated carbocycles. The first-order chi connectivity index (χ1) is 9.69. The highest BCUT2D eigenvalue weighted by atomic mass is 35.5. The summed E-state index contributed by atoms with van der Waals surface area (Å²) in [5.41, 5.74) is 1.25. The van der Waals surface area contributed by atoms with Crippen molar-refractivity contribution in [2.24, 2.45) is 0 Å². The van der Waals surface area contributed by atoms with Crippen LogP contribution in [-0.2, 0) is 4.79 Å². The zero-order valence-corrected chi connectivity index (χ0v) is 11.2. The van der Waals surface area contributed by atoms with E-state index in [1.165, 1.54) is 6.08 Å². The van der Waals surface area contributed by atoms with Crippen molar-refractivity contribution in [1.82, 2.24) is 0 Å². The van der Waals surface area contributed by atoms with E-state index in [0.29, 0.717) is 16.3 Å². The molecule has 2 aromatic rings. The molecule has 0 aliphatic heterocycles. The van der Waals surface area contributed by atoms with E-state index in [0.717, 1.165) is 5.56 Å². The summed E-state index contributed by atoms with van der Waals surface area (Å²) in [6.07, 6.45) is 2.90. The quantitative estimate of drug-likeness (QED) is 0.489. The molecule has 98 valence electrons. The maximum Gasteiger partial charge on any atom is 0.336 e. The van der Waals surface area contributed by atoms with Crippen LogP contribution in [0, 0.1) is 11.3 Å². The van der Waals surface area contributed by atoms with Gasteiger partial charge in [-0.05, 0) is 42.0 Å². The van der Waals surface area contributed by atoms with E-state index >= 15 is 0 Å². The van der Waals surface area contributed by atoms with Gasteiger partial charge in [0.1, 0.15) is 5.75 Å². The average molecular weight is 284 g/mol. The predicted octanol–water partition coefficient (Wildman–Crippen LogP) is 3.83. The number of nitriles is 1. The number of rotatable bonds is 3. The largest absolute Gasteiger partial charge is 0.423 e. The van der Waals surface area contributed by atoms with E-state index in [2.05, 4.69) is 0 Å². The summed E-state index contributed by atoms with van der Waals surface area (Å²) in [5.74, 6) is -0.118. The summed E-state index contributed by atoms with van der Waals surface area (Å²) in [4.78, 5) is 11.6. The summed E-state index contributed by atoms with van der Waals surface area (Å²) in [6.45, 7) is 0. The molecule has 0 aliphatic carbocycles. The number of hydrogen-bond acceptors (Lipinski definition) is 3. The van der Waals surface area contributed by atoms with E-state index in [-0.39, 0.29) is 0 Å². The highest BCUT2D eigenvalue weighted by molar-refractivity contribution is 6.32. The van der Waals surface area contributed by atoms with Gasteiger partial charge < -0.3 is 4.74 Å². The van der Waals surface area contributed by atoms with Gasteiger partial charge in [-0.15, -0.1) is 0 Å². The molecule has 0 bridgehead atoms. The van der Waals surface area contributed by atoms with Gasteiger partial charge in [0.2, 0.25) is 0 Å². The molecule has 0 heterocycles. The second-order valence-electron chi connectivity index (χ2n) is 3.91. The van der Waals surface area contributed by atoms with Crippen molar-refractivity contribution < 1.29 is 9.53 Å². The van der Waals surface area contributed by atoms with E-state index < -0.39 is 5.97 Å². The number of carbonyl (C=O) groups is 1. The molecule has 0 saturated heterocycles. The van der Waals surface area contributed by atoms with Crippen LogP contribution >= 0.6 is 11.6 Å². The molecule has 0 fully saturated rings. The first-order valence-electron chi connectivity index (χ1n) is 5.83. The smallest absolute Gasteiger partial charge is 0.336 e. The third-order valence-corrected chi connectivity index (χ3v) is 2.85. The Morgan fingerprint density at radius 3 is 2.50 bits per heavy atom. The number of carbonyl (C=O) groups excluding carboxylic acids is 1. The zero-order valence-electron chi connectivity index (χ0n) is 10.4. The zero-order chi connectivity index (χ0) is 14.4. The van der Waals surface area contributed by atoms with Crippen molar-refractivity contribution in [3.63, 3.8) is 0 Å². The Bertz CT molecular complexity index is 684. The van der Waals surface area contributed by atoms with Gasteiger partial charge in [0, 0.05) is 11.1 Å². The molecule has 4 heteroatoms. The molecule has 0 radical (unpaired) electrons. The molecule has 3 nitrogen and oxygen atoms in total. The van der Waals surface area contributed by atoms with Gasteiger partial charge in [-0.2, -0.15) is 5.26 Å². The van der Waals surface area contributed by atoms with Gasteiger partial charge in [-0.3, -0.25) is 0 Å². The van der Waals surface area contributed by atoms with Crippen molar-refractivity contribution >= 4 is 23.6 Å². The Kier molecular flexibility index (Phi) is 4.54. The summed E-state index contributed by atoms with van der Waals surface area (Å²) in [7, 11) is 0. The van der Waals surface area contributed by atoms with Crippen molar-refractivity contribution in [2.45, 2.75) is 0 Å². The minimum absolute atomic E-state index is 0.387. The summed E-state index contributed by atoms with van der Waals surface area (Å²) in [6, 6.07) is 15.5. The molecule has 0 aromatic heterocycles. The van der Waals surface area contributed by atoms with Crippen LogP contribution in [0.1, 0.15) is 11.1 Å². The number of ether oxygens (including phenoxy) is 1. The number of nitrogens with zero attached hydrogens (tertiary/aromatic N) is 1. The van der Waals surface area contributed by atoms with Crippen molar-refractivity contribution in [2.75, 3.05) is 0 Å². The first-order valence-corrected chi connectivity index (χ1v) is 6.21. The van der Waals surface area contributed by atoms with Crippen LogP contribution in [0.2, 0.25) is 5.02 Å². The SMILES string of the molecule is N#Cc1ccc(OC(=O)C=Cc2ccccc2Cl)cc1. The normalized spacial score (nSPS) is 10.2. The molecule has 0 atom stereocenters. The lowest BCUT2D eigenvalue weighted by Gasteiger charge is -2.01. The molecule has 0 amide bonds. The summed E-state index contributed by atoms with van der Waals surface area (Å²) in [5, 5.41) is 9.23. The lowest BCUT2D eigenvalue weighted by atomic mass is 10.2. The Balaban J connectivity index is 2.02. The van der Waals surface area contributed by atoms with Crippen molar-refractivity contribution in [1.29, 1.82) is 5.26 Å². The number of esters is 1. The van der Waals surface area contributed by atoms with Crippen LogP contribution in [0.25, 0.3) is 6.08 Å². The van der Waals surface area contributed by atoms with Crippen LogP contribution in [-0.4, -0.2) is 5.97 Å². The van der Waals surface area contributed by atoms with Gasteiger partial charge in [0.25, 0.3) is 0 Å². The molecule has 0 N–H and O–H groups in total. The fraction of sp³-hybridized carbons (Fsp3) is 0. The van der Waals surface area contributed by atoms with Crippen LogP contribution in [0.5, 0.6) is 5.75 Å². The van der Waals surface area contributed by atoms with Crippen molar-refractivity contribution in [3.8, 4) is 11.8 Å². The molecular weight excluding hydrogens is 274 g/mol. The first kappa shape index (κ1) is 13.9. The van der Waals surface area contributed by atoms with Gasteiger partial charge >= 0.3 is 5.97 Å². The highest BCUT2D eigenvalue weighted by Gasteiger charge is 2.01. The predicted molar refractivity (Wildman–Crippen MR) is 77.3 cm³/mol. The van der Waals surface area contributed by atoms with Gasteiger partial charge in [0.15, 0.2) is 0 Å². The third-order valence-electron chi connectivity index (χ3n) is 2.51. The Morgan fingerprint density at radius 1 is 1.15 bits per heavy atom. The fourth-order valence-corrected chi connectivity index (χ4v) is 1.71. The van der Waals surface area contributed by atoms with Gasteiger partial charge in [-0.25, -0.2) is 4.79 Å². The third kappa shape index (κ3) is 3.71. The molecule has 0 unspecified atom stereocenters. The number of benzene rings is 2.